The molecule has 4 nitrogen and oxygen atoms in total. The predicted molar refractivity (Wildman–Crippen MR) is 466 cm³/mol. The van der Waals surface area contributed by atoms with Crippen molar-refractivity contribution in [3.05, 3.63) is 331 Å². The van der Waals surface area contributed by atoms with E-state index in [9.17, 15) is 0 Å². The highest BCUT2D eigenvalue weighted by Gasteiger charge is 2.45. The molecule has 2 aliphatic carbocycles. The van der Waals surface area contributed by atoms with Crippen LogP contribution in [0.4, 0.5) is 34.1 Å². The zero-order chi connectivity index (χ0) is 74.2. The van der Waals surface area contributed by atoms with Gasteiger partial charge in [-0.15, -0.1) is 0 Å². The number of benzene rings is 14. The fourth-order valence-electron chi connectivity index (χ4n) is 19.4. The van der Waals surface area contributed by atoms with Crippen LogP contribution in [0.1, 0.15) is 130 Å². The minimum atomic E-state index is -0.177. The number of aromatic nitrogens is 2. The Labute approximate surface area is 642 Å². The Balaban J connectivity index is 0.861. The lowest BCUT2D eigenvalue weighted by molar-refractivity contribution is 0.332. The maximum absolute atomic E-state index is 2.64. The van der Waals surface area contributed by atoms with Gasteiger partial charge in [0.05, 0.1) is 27.8 Å². The van der Waals surface area contributed by atoms with Crippen molar-refractivity contribution in [1.29, 1.82) is 0 Å². The molecule has 5 heteroatoms. The number of para-hydroxylation sites is 2. The molecule has 16 aromatic rings. The minimum absolute atomic E-state index is 0.0392. The van der Waals surface area contributed by atoms with Gasteiger partial charge in [-0.3, -0.25) is 0 Å². The van der Waals surface area contributed by atoms with Gasteiger partial charge in [0.25, 0.3) is 6.71 Å². The van der Waals surface area contributed by atoms with Crippen molar-refractivity contribution in [2.45, 2.75) is 129 Å². The van der Waals surface area contributed by atoms with Crippen molar-refractivity contribution in [2.75, 3.05) is 9.80 Å². The van der Waals surface area contributed by atoms with Crippen LogP contribution in [0.15, 0.2) is 303 Å². The van der Waals surface area contributed by atoms with Gasteiger partial charge in [0.15, 0.2) is 0 Å². The zero-order valence-corrected chi connectivity index (χ0v) is 64.6. The molecule has 0 amide bonds. The van der Waals surface area contributed by atoms with Gasteiger partial charge in [-0.25, -0.2) is 0 Å². The molecular formula is C104H91BN4. The fraction of sp³-hybridized carbons (Fsp3) is 0.192. The van der Waals surface area contributed by atoms with E-state index in [0.717, 1.165) is 57.3 Å². The Morgan fingerprint density at radius 1 is 0.257 bits per heavy atom. The van der Waals surface area contributed by atoms with Crippen LogP contribution in [0, 0.1) is 0 Å². The van der Waals surface area contributed by atoms with Gasteiger partial charge in [0.1, 0.15) is 0 Å². The quantitative estimate of drug-likeness (QED) is 0.134. The Kier molecular flexibility index (Phi) is 15.0. The second-order valence-electron chi connectivity index (χ2n) is 35.4. The second-order valence-corrected chi connectivity index (χ2v) is 35.4. The van der Waals surface area contributed by atoms with Gasteiger partial charge in [-0.2, -0.15) is 0 Å². The van der Waals surface area contributed by atoms with Crippen LogP contribution in [-0.2, 0) is 27.1 Å². The SMILES string of the molecule is CC(C)(C)c1cccc(-c2ccc3c(c2)N(c2ccc(-c4ccc5c(c4)C(C)(C)CCC5(C)C)cc2)c2cc(-n4c5ccccc5c5ccccc54)cc4c2B3c2ccc(-n3c5ccc(-c6ccccc6)cc5c5cc(-c6ccccc6)ccc53)cc2N4c2ccc(-c3ccc4c(c3)C(C)(C)CCC4(C)C)cc2)c1. The molecule has 20 rings (SSSR count). The van der Waals surface area contributed by atoms with Crippen LogP contribution in [0.5, 0.6) is 0 Å². The van der Waals surface area contributed by atoms with Crippen LogP contribution >= 0.6 is 0 Å². The van der Waals surface area contributed by atoms with Gasteiger partial charge < -0.3 is 18.9 Å². The van der Waals surface area contributed by atoms with Gasteiger partial charge in [0.2, 0.25) is 0 Å². The van der Waals surface area contributed by atoms with E-state index in [1.54, 1.807) is 0 Å². The van der Waals surface area contributed by atoms with E-state index in [0.29, 0.717) is 0 Å². The van der Waals surface area contributed by atoms with Crippen LogP contribution in [0.3, 0.4) is 0 Å². The average Bonchev–Trinajstić information content (AvgIpc) is 0.732. The third-order valence-corrected chi connectivity index (χ3v) is 25.8. The predicted octanol–water partition coefficient (Wildman–Crippen LogP) is 26.3. The first-order valence-corrected chi connectivity index (χ1v) is 39.5. The molecule has 0 N–H and O–H groups in total. The summed E-state index contributed by atoms with van der Waals surface area (Å²) in [4.78, 5) is 5.27. The highest BCUT2D eigenvalue weighted by atomic mass is 15.2. The third kappa shape index (κ3) is 10.8. The number of anilines is 6. The van der Waals surface area contributed by atoms with Crippen LogP contribution in [0.2, 0.25) is 0 Å². The number of fused-ring (bicyclic) bond motifs is 12. The molecule has 0 saturated heterocycles. The third-order valence-electron chi connectivity index (χ3n) is 25.8. The molecule has 4 heterocycles. The van der Waals surface area contributed by atoms with Crippen molar-refractivity contribution in [3.8, 4) is 67.0 Å². The second kappa shape index (κ2) is 24.4. The molecule has 0 spiro atoms. The Bertz CT molecular complexity index is 6240. The summed E-state index contributed by atoms with van der Waals surface area (Å²) in [6, 6.07) is 117. The summed E-state index contributed by atoms with van der Waals surface area (Å²) in [5.41, 5.74) is 37.1. The molecule has 0 atom stereocenters. The van der Waals surface area contributed by atoms with E-state index in [4.69, 9.17) is 0 Å². The van der Waals surface area contributed by atoms with E-state index in [1.807, 2.05) is 0 Å². The van der Waals surface area contributed by atoms with Crippen LogP contribution < -0.4 is 26.2 Å². The highest BCUT2D eigenvalue weighted by molar-refractivity contribution is 7.00. The van der Waals surface area contributed by atoms with E-state index < -0.39 is 0 Å². The van der Waals surface area contributed by atoms with Crippen molar-refractivity contribution in [2.24, 2.45) is 0 Å². The lowest BCUT2D eigenvalue weighted by atomic mass is 9.33. The van der Waals surface area contributed by atoms with E-state index in [-0.39, 0.29) is 33.8 Å². The summed E-state index contributed by atoms with van der Waals surface area (Å²) in [6.07, 6.45) is 4.69. The van der Waals surface area contributed by atoms with E-state index in [1.165, 1.54) is 157 Å². The summed E-state index contributed by atoms with van der Waals surface area (Å²) < 4.78 is 5.08. The molecule has 2 aliphatic heterocycles. The molecule has 530 valence electrons. The van der Waals surface area contributed by atoms with Crippen molar-refractivity contribution < 1.29 is 0 Å². The fourth-order valence-corrected chi connectivity index (χ4v) is 19.4. The topological polar surface area (TPSA) is 16.3 Å². The molecule has 14 aromatic carbocycles. The molecular weight excluding hydrogens is 1320 g/mol. The largest absolute Gasteiger partial charge is 0.311 e. The van der Waals surface area contributed by atoms with Crippen LogP contribution in [0.25, 0.3) is 111 Å². The molecule has 0 radical (unpaired) electrons. The number of nitrogens with zero attached hydrogens (tertiary/aromatic N) is 4. The van der Waals surface area contributed by atoms with Crippen molar-refractivity contribution in [3.63, 3.8) is 0 Å². The maximum Gasteiger partial charge on any atom is 0.252 e. The number of hydrogen-bond donors (Lipinski definition) is 0. The lowest BCUT2D eigenvalue weighted by Gasteiger charge is -2.44. The van der Waals surface area contributed by atoms with Gasteiger partial charge in [-0.05, 0) is 244 Å². The van der Waals surface area contributed by atoms with Gasteiger partial charge in [-0.1, -0.05) is 288 Å². The zero-order valence-electron chi connectivity index (χ0n) is 64.6. The molecule has 0 unspecified atom stereocenters. The number of hydrogen-bond acceptors (Lipinski definition) is 2. The first-order chi connectivity index (χ1) is 52.6. The van der Waals surface area contributed by atoms with E-state index >= 15 is 0 Å². The van der Waals surface area contributed by atoms with Gasteiger partial charge in [0, 0.05) is 61.4 Å². The molecule has 109 heavy (non-hydrogen) atoms. The summed E-state index contributed by atoms with van der Waals surface area (Å²) in [7, 11) is 0. The van der Waals surface area contributed by atoms with Crippen molar-refractivity contribution >= 4 is 101 Å². The Morgan fingerprint density at radius 3 is 1.10 bits per heavy atom. The summed E-state index contributed by atoms with van der Waals surface area (Å²) in [5.74, 6) is 0. The molecule has 0 fully saturated rings. The normalized spacial score (nSPS) is 15.8. The summed E-state index contributed by atoms with van der Waals surface area (Å²) in [6.45, 7) is 26.3. The number of rotatable bonds is 9. The Hall–Kier alpha value is -11.7. The monoisotopic (exact) mass is 1410 g/mol. The molecule has 4 aliphatic rings. The standard InChI is InChI=1S/C104H91BN4/c1-100(2,3)76-28-22-27-70(57-76)75-39-49-89-95(62-75)106(77-42-33-68(34-43-77)73-37-47-85-87(60-73)103(8,9)55-53-101(85,4)5)97-64-80(109-91-31-20-18-29-81(91)82-30-19-21-32-92(82)109)65-98-99(97)105(89)90-50-46-79(63-96(90)107(98)78-44-35-69(36-45-78)74-38-48-86-88(61-74)104(10,11)56-54-102(86,6)7)108-93-51-40-71(66-23-14-12-15-24-66)58-83(93)84-59-72(41-52-94(84)108)67-25-16-13-17-26-67/h12-52,57-65H,53-56H2,1-11H3. The first-order valence-electron chi connectivity index (χ1n) is 39.5. The van der Waals surface area contributed by atoms with Crippen LogP contribution in [-0.4, -0.2) is 15.8 Å². The molecule has 2 aromatic heterocycles. The van der Waals surface area contributed by atoms with Crippen molar-refractivity contribution in [1.82, 2.24) is 9.13 Å². The summed E-state index contributed by atoms with van der Waals surface area (Å²) >= 11 is 0. The smallest absolute Gasteiger partial charge is 0.252 e. The van der Waals surface area contributed by atoms with Gasteiger partial charge >= 0.3 is 0 Å². The first kappa shape index (κ1) is 66.8. The highest BCUT2D eigenvalue weighted by Crippen LogP contribution is 2.53. The average molecular weight is 1410 g/mol. The molecule has 0 saturated carbocycles. The summed E-state index contributed by atoms with van der Waals surface area (Å²) in [5, 5.41) is 4.89. The maximum atomic E-state index is 2.64. The van der Waals surface area contributed by atoms with E-state index in [2.05, 4.69) is 398 Å². The molecule has 0 bridgehead atoms. The minimum Gasteiger partial charge on any atom is -0.311 e. The lowest BCUT2D eigenvalue weighted by Crippen LogP contribution is -2.61. The Morgan fingerprint density at radius 2 is 0.606 bits per heavy atom.